The van der Waals surface area contributed by atoms with Crippen LogP contribution in [-0.4, -0.2) is 45.1 Å². The molecule has 3 aromatic heterocycles. The molecule has 0 unspecified atom stereocenters. The van der Waals surface area contributed by atoms with Crippen LogP contribution in [0.25, 0.3) is 11.0 Å². The molecule has 0 bridgehead atoms. The second kappa shape index (κ2) is 5.72. The van der Waals surface area contributed by atoms with Crippen LogP contribution in [0.15, 0.2) is 36.9 Å². The molecule has 128 valence electrons. The lowest BCUT2D eigenvalue weighted by molar-refractivity contribution is 0.625. The summed E-state index contributed by atoms with van der Waals surface area (Å²) in [5, 5.41) is 1.11. The molecular formula is C19H22N6. The molecule has 3 aromatic rings. The summed E-state index contributed by atoms with van der Waals surface area (Å²) < 4.78 is 0. The van der Waals surface area contributed by atoms with Crippen molar-refractivity contribution in [3.8, 4) is 0 Å². The molecule has 1 aliphatic carbocycles. The minimum absolute atomic E-state index is 0.492. The smallest absolute Gasteiger partial charge is 0.142 e. The molecule has 5 rings (SSSR count). The van der Waals surface area contributed by atoms with Gasteiger partial charge < -0.3 is 14.8 Å². The number of hydrogen-bond donors (Lipinski definition) is 1. The molecule has 0 aromatic carbocycles. The van der Waals surface area contributed by atoms with Crippen LogP contribution in [0.3, 0.4) is 0 Å². The van der Waals surface area contributed by atoms with Crippen LogP contribution in [0.5, 0.6) is 0 Å². The van der Waals surface area contributed by atoms with Gasteiger partial charge in [0.05, 0.1) is 5.39 Å². The third-order valence-electron chi connectivity index (χ3n) is 5.29. The summed E-state index contributed by atoms with van der Waals surface area (Å²) in [6, 6.07) is 7.55. The van der Waals surface area contributed by atoms with Crippen molar-refractivity contribution in [1.82, 2.24) is 19.9 Å². The van der Waals surface area contributed by atoms with Gasteiger partial charge in [0.1, 0.15) is 23.6 Å². The van der Waals surface area contributed by atoms with Crippen molar-refractivity contribution in [2.45, 2.75) is 38.3 Å². The highest BCUT2D eigenvalue weighted by Gasteiger charge is 2.38. The molecule has 0 spiro atoms. The maximum atomic E-state index is 4.70. The van der Waals surface area contributed by atoms with E-state index in [2.05, 4.69) is 49.9 Å². The monoisotopic (exact) mass is 334 g/mol. The van der Waals surface area contributed by atoms with Gasteiger partial charge in [-0.25, -0.2) is 15.0 Å². The van der Waals surface area contributed by atoms with E-state index >= 15 is 0 Å². The molecule has 2 fully saturated rings. The van der Waals surface area contributed by atoms with Gasteiger partial charge >= 0.3 is 0 Å². The zero-order valence-corrected chi connectivity index (χ0v) is 14.4. The van der Waals surface area contributed by atoms with E-state index in [1.165, 1.54) is 18.4 Å². The standard InChI is InChI=1S/C19H22N6/c1-13-2-5-17(21-10-13)25(14-3-4-14)15-7-9-24(11-15)19-16-6-8-20-18(16)22-12-23-19/h2,5-6,8,10,12,14-15H,3-4,7,9,11H2,1H3,(H,20,22,23)/t15-/m1/s1. The summed E-state index contributed by atoms with van der Waals surface area (Å²) >= 11 is 0. The molecule has 1 saturated carbocycles. The summed E-state index contributed by atoms with van der Waals surface area (Å²) in [5.74, 6) is 2.16. The third kappa shape index (κ3) is 2.62. The molecule has 25 heavy (non-hydrogen) atoms. The first-order valence-corrected chi connectivity index (χ1v) is 9.03. The number of nitrogens with one attached hydrogen (secondary N) is 1. The van der Waals surface area contributed by atoms with E-state index in [-0.39, 0.29) is 0 Å². The fourth-order valence-electron chi connectivity index (χ4n) is 3.91. The zero-order valence-electron chi connectivity index (χ0n) is 14.4. The number of aromatic amines is 1. The Hall–Kier alpha value is -2.63. The van der Waals surface area contributed by atoms with Crippen LogP contribution in [0, 0.1) is 6.92 Å². The zero-order chi connectivity index (χ0) is 16.8. The van der Waals surface area contributed by atoms with E-state index < -0.39 is 0 Å². The average molecular weight is 334 g/mol. The molecule has 1 aliphatic heterocycles. The second-order valence-corrected chi connectivity index (χ2v) is 7.16. The Labute approximate surface area is 146 Å². The van der Waals surface area contributed by atoms with E-state index in [1.54, 1.807) is 6.33 Å². The van der Waals surface area contributed by atoms with Gasteiger partial charge in [-0.2, -0.15) is 0 Å². The van der Waals surface area contributed by atoms with Crippen LogP contribution in [-0.2, 0) is 0 Å². The normalized spacial score (nSPS) is 20.4. The van der Waals surface area contributed by atoms with Crippen LogP contribution >= 0.6 is 0 Å². The number of H-pyrrole nitrogens is 1. The third-order valence-corrected chi connectivity index (χ3v) is 5.29. The van der Waals surface area contributed by atoms with Crippen molar-refractivity contribution in [2.75, 3.05) is 22.9 Å². The average Bonchev–Trinajstić information content (AvgIpc) is 3.15. The molecule has 1 saturated heterocycles. The molecule has 6 nitrogen and oxygen atoms in total. The first-order valence-electron chi connectivity index (χ1n) is 9.03. The summed E-state index contributed by atoms with van der Waals surface area (Å²) in [7, 11) is 0. The SMILES string of the molecule is Cc1ccc(N(C2CC2)[C@@H]2CCN(c3ncnc4[nH]ccc34)C2)nc1. The van der Waals surface area contributed by atoms with E-state index in [1.807, 2.05) is 12.4 Å². The predicted molar refractivity (Wildman–Crippen MR) is 99.0 cm³/mol. The predicted octanol–water partition coefficient (Wildman–Crippen LogP) is 2.91. The lowest BCUT2D eigenvalue weighted by Gasteiger charge is -2.30. The molecule has 1 N–H and O–H groups in total. The molecule has 0 radical (unpaired) electrons. The van der Waals surface area contributed by atoms with Crippen molar-refractivity contribution in [2.24, 2.45) is 0 Å². The highest BCUT2D eigenvalue weighted by Crippen LogP contribution is 2.36. The van der Waals surface area contributed by atoms with Crippen LogP contribution in [0.4, 0.5) is 11.6 Å². The molecule has 6 heteroatoms. The molecular weight excluding hydrogens is 312 g/mol. The van der Waals surface area contributed by atoms with Gasteiger partial charge in [0, 0.05) is 37.6 Å². The number of anilines is 2. The molecule has 1 atom stereocenters. The Kier molecular flexibility index (Phi) is 3.36. The van der Waals surface area contributed by atoms with E-state index in [0.29, 0.717) is 12.1 Å². The van der Waals surface area contributed by atoms with Crippen molar-refractivity contribution in [1.29, 1.82) is 0 Å². The van der Waals surface area contributed by atoms with Gasteiger partial charge in [0.15, 0.2) is 0 Å². The van der Waals surface area contributed by atoms with Crippen LogP contribution < -0.4 is 9.80 Å². The van der Waals surface area contributed by atoms with Gasteiger partial charge in [-0.3, -0.25) is 0 Å². The first-order chi connectivity index (χ1) is 12.3. The number of hydrogen-bond acceptors (Lipinski definition) is 5. The van der Waals surface area contributed by atoms with Crippen molar-refractivity contribution in [3.05, 3.63) is 42.5 Å². The second-order valence-electron chi connectivity index (χ2n) is 7.16. The number of pyridine rings is 1. The summed E-state index contributed by atoms with van der Waals surface area (Å²) in [6.07, 6.45) is 9.27. The summed E-state index contributed by atoms with van der Waals surface area (Å²) in [4.78, 5) is 21.7. The van der Waals surface area contributed by atoms with Crippen LogP contribution in [0.1, 0.15) is 24.8 Å². The first kappa shape index (κ1) is 14.7. The maximum Gasteiger partial charge on any atom is 0.142 e. The molecule has 4 heterocycles. The van der Waals surface area contributed by atoms with Gasteiger partial charge in [-0.15, -0.1) is 0 Å². The maximum absolute atomic E-state index is 4.70. The van der Waals surface area contributed by atoms with Gasteiger partial charge in [-0.1, -0.05) is 6.07 Å². The Morgan fingerprint density at radius 1 is 1.08 bits per heavy atom. The highest BCUT2D eigenvalue weighted by atomic mass is 15.3. The van der Waals surface area contributed by atoms with Crippen molar-refractivity contribution < 1.29 is 0 Å². The summed E-state index contributed by atoms with van der Waals surface area (Å²) in [5.41, 5.74) is 2.12. The number of nitrogens with zero attached hydrogens (tertiary/aromatic N) is 5. The van der Waals surface area contributed by atoms with Crippen molar-refractivity contribution in [3.63, 3.8) is 0 Å². The Morgan fingerprint density at radius 3 is 2.80 bits per heavy atom. The minimum atomic E-state index is 0.492. The number of fused-ring (bicyclic) bond motifs is 1. The largest absolute Gasteiger partial charge is 0.354 e. The topological polar surface area (TPSA) is 60.9 Å². The fraction of sp³-hybridized carbons (Fsp3) is 0.421. The van der Waals surface area contributed by atoms with E-state index in [0.717, 1.165) is 42.2 Å². The number of aryl methyl sites for hydroxylation is 1. The Morgan fingerprint density at radius 2 is 2.00 bits per heavy atom. The van der Waals surface area contributed by atoms with Crippen LogP contribution in [0.2, 0.25) is 0 Å². The van der Waals surface area contributed by atoms with E-state index in [4.69, 9.17) is 4.98 Å². The molecule has 0 amide bonds. The van der Waals surface area contributed by atoms with E-state index in [9.17, 15) is 0 Å². The number of aromatic nitrogens is 4. The fourth-order valence-corrected chi connectivity index (χ4v) is 3.91. The van der Waals surface area contributed by atoms with Gasteiger partial charge in [-0.05, 0) is 43.9 Å². The number of rotatable bonds is 4. The Bertz CT molecular complexity index is 882. The van der Waals surface area contributed by atoms with Gasteiger partial charge in [0.2, 0.25) is 0 Å². The lowest BCUT2D eigenvalue weighted by atomic mass is 10.2. The minimum Gasteiger partial charge on any atom is -0.354 e. The summed E-state index contributed by atoms with van der Waals surface area (Å²) in [6.45, 7) is 4.10. The van der Waals surface area contributed by atoms with Crippen molar-refractivity contribution >= 4 is 22.7 Å². The molecule has 2 aliphatic rings. The lowest BCUT2D eigenvalue weighted by Crippen LogP contribution is -2.40. The highest BCUT2D eigenvalue weighted by molar-refractivity contribution is 5.87. The quantitative estimate of drug-likeness (QED) is 0.795. The Balaban J connectivity index is 1.42. The van der Waals surface area contributed by atoms with Gasteiger partial charge in [0.25, 0.3) is 0 Å².